The van der Waals surface area contributed by atoms with Crippen LogP contribution in [-0.2, 0) is 14.0 Å². The fourth-order valence-electron chi connectivity index (χ4n) is 3.53. The van der Waals surface area contributed by atoms with Crippen LogP contribution in [0.1, 0.15) is 66.0 Å². The van der Waals surface area contributed by atoms with Gasteiger partial charge in [0.05, 0.1) is 11.2 Å². The van der Waals surface area contributed by atoms with Gasteiger partial charge >= 0.3 is 13.2 Å². The fraction of sp³-hybridized carbons (Fsp3) is 0.609. The lowest BCUT2D eigenvalue weighted by atomic mass is 9.75. The molecule has 2 aliphatic rings. The maximum absolute atomic E-state index is 12.3. The smallest absolute Gasteiger partial charge is 0.444 e. The highest BCUT2D eigenvalue weighted by molar-refractivity contribution is 6.62. The van der Waals surface area contributed by atoms with Crippen LogP contribution in [0.4, 0.5) is 4.79 Å². The van der Waals surface area contributed by atoms with Gasteiger partial charge < -0.3 is 18.9 Å². The molecule has 0 N–H and O–H groups in total. The normalized spacial score (nSPS) is 21.2. The van der Waals surface area contributed by atoms with Gasteiger partial charge in [-0.2, -0.15) is 0 Å². The van der Waals surface area contributed by atoms with Gasteiger partial charge in [-0.25, -0.2) is 4.79 Å². The average molecular weight is 399 g/mol. The van der Waals surface area contributed by atoms with E-state index in [1.807, 2.05) is 20.8 Å². The zero-order chi connectivity index (χ0) is 21.6. The van der Waals surface area contributed by atoms with Crippen molar-refractivity contribution in [3.8, 4) is 0 Å². The molecule has 0 saturated carbocycles. The van der Waals surface area contributed by atoms with Gasteiger partial charge in [0.25, 0.3) is 0 Å². The lowest BCUT2D eigenvalue weighted by Crippen LogP contribution is -2.41. The number of hydrogen-bond donors (Lipinski definition) is 0. The van der Waals surface area contributed by atoms with E-state index in [-0.39, 0.29) is 24.4 Å². The van der Waals surface area contributed by atoms with Crippen LogP contribution in [0.2, 0.25) is 0 Å². The van der Waals surface area contributed by atoms with Crippen molar-refractivity contribution in [2.24, 2.45) is 0 Å². The van der Waals surface area contributed by atoms with Gasteiger partial charge in [-0.05, 0) is 78.4 Å². The Balaban J connectivity index is 1.71. The Morgan fingerprint density at radius 1 is 1.14 bits per heavy atom. The summed E-state index contributed by atoms with van der Waals surface area (Å²) in [5.74, 6) is 0. The molecule has 29 heavy (non-hydrogen) atoms. The Bertz CT molecular complexity index is 807. The minimum absolute atomic E-state index is 0.250. The number of rotatable bonds is 2. The van der Waals surface area contributed by atoms with Crippen molar-refractivity contribution < 1.29 is 18.8 Å². The number of carbonyl (C=O) groups excluding carboxylic acids is 1. The predicted molar refractivity (Wildman–Crippen MR) is 117 cm³/mol. The topological polar surface area (TPSA) is 48.0 Å². The molecule has 1 amide bonds. The van der Waals surface area contributed by atoms with Crippen LogP contribution in [0.25, 0.3) is 5.57 Å². The summed E-state index contributed by atoms with van der Waals surface area (Å²) >= 11 is 0. The molecule has 5 nitrogen and oxygen atoms in total. The lowest BCUT2D eigenvalue weighted by Gasteiger charge is -2.32. The Labute approximate surface area is 175 Å². The minimum atomic E-state index is -0.471. The Hall–Kier alpha value is -1.79. The van der Waals surface area contributed by atoms with Gasteiger partial charge in [0.15, 0.2) is 0 Å². The predicted octanol–water partition coefficient (Wildman–Crippen LogP) is 4.32. The van der Waals surface area contributed by atoms with Crippen LogP contribution in [0, 0.1) is 6.92 Å². The molecule has 0 radical (unpaired) electrons. The van der Waals surface area contributed by atoms with E-state index >= 15 is 0 Å². The summed E-state index contributed by atoms with van der Waals surface area (Å²) in [4.78, 5) is 14.0. The standard InChI is InChI=1S/C23H34BNO4/c1-16-15-18(9-10-19(16)24-28-22(5,6)23(7,8)29-24)17-11-13-25(14-12-17)20(26)27-21(2,3)4/h9-11,15H,12-14H2,1-8H3. The van der Waals surface area contributed by atoms with Crippen molar-refractivity contribution in [1.29, 1.82) is 0 Å². The Morgan fingerprint density at radius 2 is 1.76 bits per heavy atom. The van der Waals surface area contributed by atoms with Crippen LogP contribution in [-0.4, -0.2) is 48.0 Å². The van der Waals surface area contributed by atoms with E-state index < -0.39 is 5.60 Å². The second-order valence-corrected chi connectivity index (χ2v) is 10.1. The second-order valence-electron chi connectivity index (χ2n) is 10.1. The third-order valence-electron chi connectivity index (χ3n) is 6.01. The molecular weight excluding hydrogens is 365 g/mol. The zero-order valence-corrected chi connectivity index (χ0v) is 19.1. The van der Waals surface area contributed by atoms with Crippen molar-refractivity contribution in [2.75, 3.05) is 13.1 Å². The molecule has 1 aromatic rings. The van der Waals surface area contributed by atoms with E-state index in [9.17, 15) is 4.79 Å². The zero-order valence-electron chi connectivity index (χ0n) is 19.1. The number of carbonyl (C=O) groups is 1. The van der Waals surface area contributed by atoms with Gasteiger partial charge in [-0.1, -0.05) is 29.8 Å². The molecule has 0 aromatic heterocycles. The molecule has 0 bridgehead atoms. The number of benzene rings is 1. The van der Waals surface area contributed by atoms with Gasteiger partial charge in [0.2, 0.25) is 0 Å². The molecule has 0 atom stereocenters. The third-order valence-corrected chi connectivity index (χ3v) is 6.01. The van der Waals surface area contributed by atoms with Crippen molar-refractivity contribution >= 4 is 24.2 Å². The number of amides is 1. The van der Waals surface area contributed by atoms with Crippen molar-refractivity contribution in [2.45, 2.75) is 78.6 Å². The Kier molecular flexibility index (Phi) is 5.65. The van der Waals surface area contributed by atoms with Crippen LogP contribution in [0.5, 0.6) is 0 Å². The van der Waals surface area contributed by atoms with Crippen LogP contribution in [0.15, 0.2) is 24.3 Å². The second kappa shape index (κ2) is 7.48. The molecule has 1 fully saturated rings. The highest BCUT2D eigenvalue weighted by Crippen LogP contribution is 2.37. The van der Waals surface area contributed by atoms with E-state index in [2.05, 4.69) is 58.9 Å². The maximum atomic E-state index is 12.3. The van der Waals surface area contributed by atoms with E-state index in [1.54, 1.807) is 4.90 Å². The van der Waals surface area contributed by atoms with Gasteiger partial charge in [0.1, 0.15) is 5.60 Å². The van der Waals surface area contributed by atoms with Crippen LogP contribution < -0.4 is 5.46 Å². The number of aryl methyl sites for hydroxylation is 1. The van der Waals surface area contributed by atoms with Gasteiger partial charge in [-0.3, -0.25) is 0 Å². The van der Waals surface area contributed by atoms with E-state index in [0.717, 1.165) is 17.4 Å². The molecule has 2 aliphatic heterocycles. The molecule has 1 aromatic carbocycles. The minimum Gasteiger partial charge on any atom is -0.444 e. The molecule has 0 unspecified atom stereocenters. The first-order chi connectivity index (χ1) is 13.3. The first-order valence-corrected chi connectivity index (χ1v) is 10.4. The average Bonchev–Trinajstić information content (AvgIpc) is 2.81. The summed E-state index contributed by atoms with van der Waals surface area (Å²) < 4.78 is 17.9. The molecule has 0 spiro atoms. The quantitative estimate of drug-likeness (QED) is 0.695. The first kappa shape index (κ1) is 21.9. The van der Waals surface area contributed by atoms with E-state index in [0.29, 0.717) is 13.1 Å². The summed E-state index contributed by atoms with van der Waals surface area (Å²) in [6.45, 7) is 17.3. The summed E-state index contributed by atoms with van der Waals surface area (Å²) in [6, 6.07) is 6.42. The molecule has 2 heterocycles. The number of hydrogen-bond acceptors (Lipinski definition) is 4. The maximum Gasteiger partial charge on any atom is 0.495 e. The van der Waals surface area contributed by atoms with E-state index in [4.69, 9.17) is 14.0 Å². The number of nitrogens with zero attached hydrogens (tertiary/aromatic N) is 1. The summed E-state index contributed by atoms with van der Waals surface area (Å²) in [6.07, 6.45) is 2.69. The van der Waals surface area contributed by atoms with Crippen molar-refractivity contribution in [3.05, 3.63) is 35.4 Å². The van der Waals surface area contributed by atoms with Crippen LogP contribution in [0.3, 0.4) is 0 Å². The monoisotopic (exact) mass is 399 g/mol. The molecule has 3 rings (SSSR count). The third kappa shape index (κ3) is 4.70. The van der Waals surface area contributed by atoms with Crippen LogP contribution >= 0.6 is 0 Å². The Morgan fingerprint density at radius 3 is 2.24 bits per heavy atom. The molecule has 158 valence electrons. The van der Waals surface area contributed by atoms with Crippen molar-refractivity contribution in [3.63, 3.8) is 0 Å². The highest BCUT2D eigenvalue weighted by atomic mass is 16.7. The van der Waals surface area contributed by atoms with Gasteiger partial charge in [0, 0.05) is 13.1 Å². The van der Waals surface area contributed by atoms with Gasteiger partial charge in [-0.15, -0.1) is 0 Å². The number of ether oxygens (including phenoxy) is 1. The highest BCUT2D eigenvalue weighted by Gasteiger charge is 2.52. The van der Waals surface area contributed by atoms with Crippen molar-refractivity contribution in [1.82, 2.24) is 4.90 Å². The molecule has 0 aliphatic carbocycles. The summed E-state index contributed by atoms with van der Waals surface area (Å²) in [7, 11) is -0.350. The fourth-order valence-corrected chi connectivity index (χ4v) is 3.53. The summed E-state index contributed by atoms with van der Waals surface area (Å²) in [5, 5.41) is 0. The largest absolute Gasteiger partial charge is 0.495 e. The molecule has 6 heteroatoms. The lowest BCUT2D eigenvalue weighted by molar-refractivity contribution is 0.00578. The molecule has 1 saturated heterocycles. The first-order valence-electron chi connectivity index (χ1n) is 10.4. The molecular formula is C23H34BNO4. The SMILES string of the molecule is Cc1cc(C2=CCN(C(=O)OC(C)(C)C)CC2)ccc1B1OC(C)(C)C(C)(C)O1. The summed E-state index contributed by atoms with van der Waals surface area (Å²) in [5.41, 5.74) is 3.50. The van der Waals surface area contributed by atoms with E-state index in [1.165, 1.54) is 11.1 Å².